The molecule has 2 aromatic rings. The molecule has 0 bridgehead atoms. The number of halogens is 1. The summed E-state index contributed by atoms with van der Waals surface area (Å²) in [6.07, 6.45) is 1.40. The predicted octanol–water partition coefficient (Wildman–Crippen LogP) is 2.65. The van der Waals surface area contributed by atoms with Crippen molar-refractivity contribution in [3.63, 3.8) is 0 Å². The Morgan fingerprint density at radius 1 is 1.61 bits per heavy atom. The van der Waals surface area contributed by atoms with Gasteiger partial charge in [-0.1, -0.05) is 11.6 Å². The highest BCUT2D eigenvalue weighted by Crippen LogP contribution is 2.18. The van der Waals surface area contributed by atoms with Crippen LogP contribution in [0.15, 0.2) is 29.1 Å². The number of aromatic nitrogens is 1. The second kappa shape index (κ2) is 5.37. The lowest BCUT2D eigenvalue weighted by Crippen LogP contribution is -2.26. The summed E-state index contributed by atoms with van der Waals surface area (Å²) in [6.45, 7) is 0.543. The van der Waals surface area contributed by atoms with Crippen molar-refractivity contribution in [2.45, 2.75) is 6.54 Å². The molecule has 2 heterocycles. The van der Waals surface area contributed by atoms with Crippen LogP contribution in [0.25, 0.3) is 0 Å². The largest absolute Gasteiger partial charge is 0.397 e. The molecule has 0 saturated heterocycles. The first-order chi connectivity index (χ1) is 8.58. The second-order valence-electron chi connectivity index (χ2n) is 3.89. The zero-order valence-corrected chi connectivity index (χ0v) is 11.3. The van der Waals surface area contributed by atoms with Crippen LogP contribution in [0.3, 0.4) is 0 Å². The number of nitrogens with zero attached hydrogens (tertiary/aromatic N) is 2. The quantitative estimate of drug-likeness (QED) is 0.880. The van der Waals surface area contributed by atoms with Gasteiger partial charge in [0.05, 0.1) is 17.4 Å². The average molecular weight is 282 g/mol. The Balaban J connectivity index is 2.17. The molecule has 0 saturated carbocycles. The number of thiophene rings is 1. The van der Waals surface area contributed by atoms with Crippen LogP contribution in [0.5, 0.6) is 0 Å². The number of amides is 1. The van der Waals surface area contributed by atoms with Gasteiger partial charge in [-0.15, -0.1) is 0 Å². The summed E-state index contributed by atoms with van der Waals surface area (Å²) in [5.41, 5.74) is 7.54. The van der Waals surface area contributed by atoms with Crippen molar-refractivity contribution in [3.8, 4) is 0 Å². The smallest absolute Gasteiger partial charge is 0.256 e. The molecule has 0 aromatic carbocycles. The topological polar surface area (TPSA) is 59.2 Å². The number of hydrogen-bond acceptors (Lipinski definition) is 4. The highest BCUT2D eigenvalue weighted by atomic mass is 35.5. The van der Waals surface area contributed by atoms with Crippen LogP contribution < -0.4 is 5.73 Å². The van der Waals surface area contributed by atoms with Gasteiger partial charge in [-0.25, -0.2) is 4.98 Å². The molecule has 0 fully saturated rings. The fourth-order valence-electron chi connectivity index (χ4n) is 1.56. The minimum absolute atomic E-state index is 0.164. The number of carbonyl (C=O) groups is 1. The van der Waals surface area contributed by atoms with E-state index in [0.29, 0.717) is 17.8 Å². The SMILES string of the molecule is CN(Cc1ccsc1)C(=O)c1cc(Cl)ncc1N. The van der Waals surface area contributed by atoms with Gasteiger partial charge in [-0.3, -0.25) is 4.79 Å². The van der Waals surface area contributed by atoms with E-state index >= 15 is 0 Å². The number of rotatable bonds is 3. The Kier molecular flexibility index (Phi) is 3.84. The van der Waals surface area contributed by atoms with Crippen molar-refractivity contribution >= 4 is 34.5 Å². The zero-order chi connectivity index (χ0) is 13.1. The van der Waals surface area contributed by atoms with Crippen LogP contribution in [-0.2, 0) is 6.54 Å². The minimum Gasteiger partial charge on any atom is -0.397 e. The van der Waals surface area contributed by atoms with E-state index in [1.807, 2.05) is 16.8 Å². The molecule has 6 heteroatoms. The fraction of sp³-hybridized carbons (Fsp3) is 0.167. The summed E-state index contributed by atoms with van der Waals surface area (Å²) in [6, 6.07) is 3.47. The summed E-state index contributed by atoms with van der Waals surface area (Å²) in [4.78, 5) is 17.6. The lowest BCUT2D eigenvalue weighted by atomic mass is 10.2. The summed E-state index contributed by atoms with van der Waals surface area (Å²) in [5, 5.41) is 4.24. The van der Waals surface area contributed by atoms with Gasteiger partial charge in [-0.2, -0.15) is 11.3 Å². The number of nitrogens with two attached hydrogens (primary N) is 1. The van der Waals surface area contributed by atoms with Crippen molar-refractivity contribution in [1.82, 2.24) is 9.88 Å². The minimum atomic E-state index is -0.164. The molecule has 2 N–H and O–H groups in total. The van der Waals surface area contributed by atoms with Crippen LogP contribution >= 0.6 is 22.9 Å². The van der Waals surface area contributed by atoms with Gasteiger partial charge in [0.1, 0.15) is 5.15 Å². The highest BCUT2D eigenvalue weighted by molar-refractivity contribution is 7.07. The van der Waals surface area contributed by atoms with E-state index in [0.717, 1.165) is 5.56 Å². The lowest BCUT2D eigenvalue weighted by Gasteiger charge is -2.17. The Morgan fingerprint density at radius 2 is 2.39 bits per heavy atom. The summed E-state index contributed by atoms with van der Waals surface area (Å²) in [5.74, 6) is -0.164. The van der Waals surface area contributed by atoms with Gasteiger partial charge in [0, 0.05) is 13.6 Å². The van der Waals surface area contributed by atoms with E-state index in [4.69, 9.17) is 17.3 Å². The maximum absolute atomic E-state index is 12.2. The molecule has 0 unspecified atom stereocenters. The molecule has 4 nitrogen and oxygen atoms in total. The molecule has 0 aliphatic carbocycles. The summed E-state index contributed by atoms with van der Waals surface area (Å²) >= 11 is 7.37. The van der Waals surface area contributed by atoms with E-state index in [-0.39, 0.29) is 11.1 Å². The van der Waals surface area contributed by atoms with Gasteiger partial charge in [-0.05, 0) is 28.5 Å². The Labute approximate surface area is 114 Å². The molecule has 0 spiro atoms. The monoisotopic (exact) mass is 281 g/mol. The van der Waals surface area contributed by atoms with Gasteiger partial charge in [0.25, 0.3) is 5.91 Å². The lowest BCUT2D eigenvalue weighted by molar-refractivity contribution is 0.0786. The molecule has 2 rings (SSSR count). The maximum Gasteiger partial charge on any atom is 0.256 e. The van der Waals surface area contributed by atoms with Crippen molar-refractivity contribution < 1.29 is 4.79 Å². The standard InChI is InChI=1S/C12H12ClN3OS/c1-16(6-8-2-3-18-7-8)12(17)9-4-11(13)15-5-10(9)14/h2-5,7H,6,14H2,1H3. The van der Waals surface area contributed by atoms with Crippen molar-refractivity contribution in [1.29, 1.82) is 0 Å². The van der Waals surface area contributed by atoms with Gasteiger partial charge >= 0.3 is 0 Å². The third-order valence-electron chi connectivity index (χ3n) is 2.48. The maximum atomic E-state index is 12.2. The number of pyridine rings is 1. The number of nitrogen functional groups attached to an aromatic ring is 1. The Bertz CT molecular complexity index is 556. The highest BCUT2D eigenvalue weighted by Gasteiger charge is 2.16. The Hall–Kier alpha value is -1.59. The van der Waals surface area contributed by atoms with E-state index in [9.17, 15) is 4.79 Å². The normalized spacial score (nSPS) is 10.3. The molecule has 0 aliphatic heterocycles. The van der Waals surface area contributed by atoms with Gasteiger partial charge in [0.15, 0.2) is 0 Å². The average Bonchev–Trinajstić information content (AvgIpc) is 2.84. The zero-order valence-electron chi connectivity index (χ0n) is 9.76. The van der Waals surface area contributed by atoms with Crippen LogP contribution in [0.2, 0.25) is 5.15 Å². The molecular formula is C12H12ClN3OS. The van der Waals surface area contributed by atoms with Crippen LogP contribution in [0.1, 0.15) is 15.9 Å². The molecule has 0 radical (unpaired) electrons. The summed E-state index contributed by atoms with van der Waals surface area (Å²) in [7, 11) is 1.73. The molecule has 18 heavy (non-hydrogen) atoms. The predicted molar refractivity (Wildman–Crippen MR) is 73.8 cm³/mol. The Morgan fingerprint density at radius 3 is 3.06 bits per heavy atom. The molecular weight excluding hydrogens is 270 g/mol. The van der Waals surface area contributed by atoms with Gasteiger partial charge < -0.3 is 10.6 Å². The van der Waals surface area contributed by atoms with Crippen LogP contribution in [0.4, 0.5) is 5.69 Å². The molecule has 2 aromatic heterocycles. The van der Waals surface area contributed by atoms with Crippen molar-refractivity contribution in [3.05, 3.63) is 45.4 Å². The second-order valence-corrected chi connectivity index (χ2v) is 5.05. The molecule has 94 valence electrons. The molecule has 0 aliphatic rings. The fourth-order valence-corrected chi connectivity index (χ4v) is 2.38. The van der Waals surface area contributed by atoms with E-state index < -0.39 is 0 Å². The first-order valence-electron chi connectivity index (χ1n) is 5.25. The third kappa shape index (κ3) is 2.80. The van der Waals surface area contributed by atoms with E-state index in [1.54, 1.807) is 23.3 Å². The first kappa shape index (κ1) is 12.9. The molecule has 0 atom stereocenters. The first-order valence-corrected chi connectivity index (χ1v) is 6.57. The van der Waals surface area contributed by atoms with Gasteiger partial charge in [0.2, 0.25) is 0 Å². The van der Waals surface area contributed by atoms with E-state index in [1.165, 1.54) is 12.3 Å². The number of hydrogen-bond donors (Lipinski definition) is 1. The van der Waals surface area contributed by atoms with Crippen molar-refractivity contribution in [2.24, 2.45) is 0 Å². The summed E-state index contributed by atoms with van der Waals surface area (Å²) < 4.78 is 0. The number of anilines is 1. The molecule has 1 amide bonds. The number of carbonyl (C=O) groups excluding carboxylic acids is 1. The third-order valence-corrected chi connectivity index (χ3v) is 3.42. The van der Waals surface area contributed by atoms with Crippen LogP contribution in [-0.4, -0.2) is 22.8 Å². The van der Waals surface area contributed by atoms with Crippen molar-refractivity contribution in [2.75, 3.05) is 12.8 Å². The van der Waals surface area contributed by atoms with Crippen LogP contribution in [0, 0.1) is 0 Å². The van der Waals surface area contributed by atoms with E-state index in [2.05, 4.69) is 4.98 Å².